The Morgan fingerprint density at radius 1 is 1.33 bits per heavy atom. The molecule has 2 N–H and O–H groups in total. The summed E-state index contributed by atoms with van der Waals surface area (Å²) in [5, 5.41) is 6.19. The maximum atomic E-state index is 12.0. The van der Waals surface area contributed by atoms with Crippen LogP contribution in [0.15, 0.2) is 60.7 Å². The average Bonchev–Trinajstić information content (AvgIpc) is 2.40. The molecule has 92 valence electrons. The van der Waals surface area contributed by atoms with Gasteiger partial charge < -0.3 is 10.6 Å². The molecule has 1 amide bonds. The number of allylic oxidation sites excluding steroid dienone is 3. The van der Waals surface area contributed by atoms with Crippen LogP contribution in [-0.4, -0.2) is 12.1 Å². The quantitative estimate of drug-likeness (QED) is 0.798. The highest BCUT2D eigenvalue weighted by Gasteiger charge is 2.23. The van der Waals surface area contributed by atoms with Gasteiger partial charge in [-0.15, -0.1) is 0 Å². The standard InChI is InChI=1S/C15H16N2O/c1-3-5-8-11(4-2)14-16-13-10-7-6-9-12(13)15(18)17-14/h3-10,14,16H,2H2,1H3,(H,17,18)/b5-3-,11-8+. The molecule has 1 aliphatic rings. The van der Waals surface area contributed by atoms with Crippen LogP contribution in [0.1, 0.15) is 17.3 Å². The van der Waals surface area contributed by atoms with Crippen molar-refractivity contribution in [1.82, 2.24) is 5.32 Å². The highest BCUT2D eigenvalue weighted by atomic mass is 16.2. The van der Waals surface area contributed by atoms with Crippen molar-refractivity contribution in [3.8, 4) is 0 Å². The molecule has 0 radical (unpaired) electrons. The first-order chi connectivity index (χ1) is 8.76. The van der Waals surface area contributed by atoms with E-state index in [2.05, 4.69) is 17.2 Å². The number of para-hydroxylation sites is 1. The molecule has 1 aliphatic heterocycles. The fraction of sp³-hybridized carbons (Fsp3) is 0.133. The molecule has 0 saturated carbocycles. The summed E-state index contributed by atoms with van der Waals surface area (Å²) in [7, 11) is 0. The monoisotopic (exact) mass is 240 g/mol. The van der Waals surface area contributed by atoms with Gasteiger partial charge in [-0.2, -0.15) is 0 Å². The van der Waals surface area contributed by atoms with E-state index in [0.29, 0.717) is 5.56 Å². The lowest BCUT2D eigenvalue weighted by molar-refractivity contribution is 0.0942. The van der Waals surface area contributed by atoms with E-state index in [0.717, 1.165) is 11.3 Å². The predicted octanol–water partition coefficient (Wildman–Crippen LogP) is 2.86. The normalized spacial score (nSPS) is 19.1. The molecule has 1 atom stereocenters. The molecule has 2 rings (SSSR count). The van der Waals surface area contributed by atoms with Crippen molar-refractivity contribution in [2.24, 2.45) is 0 Å². The molecular weight excluding hydrogens is 224 g/mol. The van der Waals surface area contributed by atoms with E-state index in [9.17, 15) is 4.79 Å². The molecule has 3 heteroatoms. The number of carbonyl (C=O) groups is 1. The molecule has 0 aliphatic carbocycles. The summed E-state index contributed by atoms with van der Waals surface area (Å²) in [6, 6.07) is 7.46. The van der Waals surface area contributed by atoms with Crippen molar-refractivity contribution in [3.05, 3.63) is 66.3 Å². The van der Waals surface area contributed by atoms with E-state index in [1.807, 2.05) is 43.4 Å². The SMILES string of the molecule is C=C/C(=C\C=C/C)C1NC(=O)c2ccccc2N1. The fourth-order valence-electron chi connectivity index (χ4n) is 1.86. The van der Waals surface area contributed by atoms with E-state index in [1.165, 1.54) is 0 Å². The minimum absolute atomic E-state index is 0.0671. The highest BCUT2D eigenvalue weighted by Crippen LogP contribution is 2.22. The molecule has 0 fully saturated rings. The molecule has 1 heterocycles. The minimum atomic E-state index is -0.235. The van der Waals surface area contributed by atoms with Crippen LogP contribution in [0.4, 0.5) is 5.69 Å². The summed E-state index contributed by atoms with van der Waals surface area (Å²) in [5.41, 5.74) is 2.44. The summed E-state index contributed by atoms with van der Waals surface area (Å²) >= 11 is 0. The van der Waals surface area contributed by atoms with Gasteiger partial charge in [0.1, 0.15) is 6.17 Å². The van der Waals surface area contributed by atoms with E-state index in [1.54, 1.807) is 12.1 Å². The van der Waals surface area contributed by atoms with Crippen LogP contribution in [0, 0.1) is 0 Å². The second kappa shape index (κ2) is 5.36. The molecule has 0 spiro atoms. The van der Waals surface area contributed by atoms with Gasteiger partial charge in [-0.25, -0.2) is 0 Å². The fourth-order valence-corrected chi connectivity index (χ4v) is 1.86. The van der Waals surface area contributed by atoms with E-state index in [4.69, 9.17) is 0 Å². The van der Waals surface area contributed by atoms with Crippen molar-refractivity contribution >= 4 is 11.6 Å². The Morgan fingerprint density at radius 3 is 2.83 bits per heavy atom. The Hall–Kier alpha value is -2.29. The van der Waals surface area contributed by atoms with Gasteiger partial charge in [0.15, 0.2) is 0 Å². The van der Waals surface area contributed by atoms with E-state index in [-0.39, 0.29) is 12.1 Å². The number of fused-ring (bicyclic) bond motifs is 1. The van der Waals surface area contributed by atoms with Gasteiger partial charge >= 0.3 is 0 Å². The third-order valence-electron chi connectivity index (χ3n) is 2.80. The van der Waals surface area contributed by atoms with Crippen LogP contribution in [0.5, 0.6) is 0 Å². The first kappa shape index (κ1) is 12.2. The Balaban J connectivity index is 2.30. The third kappa shape index (κ3) is 2.35. The molecular formula is C15H16N2O. The largest absolute Gasteiger partial charge is 0.361 e. The Bertz CT molecular complexity index is 529. The van der Waals surface area contributed by atoms with Crippen molar-refractivity contribution in [3.63, 3.8) is 0 Å². The van der Waals surface area contributed by atoms with Gasteiger partial charge in [0.2, 0.25) is 0 Å². The molecule has 18 heavy (non-hydrogen) atoms. The van der Waals surface area contributed by atoms with Crippen LogP contribution in [0.2, 0.25) is 0 Å². The predicted molar refractivity (Wildman–Crippen MR) is 74.4 cm³/mol. The summed E-state index contributed by atoms with van der Waals surface area (Å²) in [6.45, 7) is 5.72. The Kier molecular flexibility index (Phi) is 3.63. The zero-order valence-electron chi connectivity index (χ0n) is 10.3. The zero-order chi connectivity index (χ0) is 13.0. The molecule has 0 saturated heterocycles. The molecule has 0 aromatic heterocycles. The maximum absolute atomic E-state index is 12.0. The first-order valence-electron chi connectivity index (χ1n) is 5.88. The number of hydrogen-bond acceptors (Lipinski definition) is 2. The maximum Gasteiger partial charge on any atom is 0.255 e. The van der Waals surface area contributed by atoms with Crippen LogP contribution in [0.3, 0.4) is 0 Å². The smallest absolute Gasteiger partial charge is 0.255 e. The van der Waals surface area contributed by atoms with Gasteiger partial charge in [0.05, 0.1) is 5.56 Å². The number of rotatable bonds is 3. The van der Waals surface area contributed by atoms with Crippen molar-refractivity contribution in [2.75, 3.05) is 5.32 Å². The number of benzene rings is 1. The lowest BCUT2D eigenvalue weighted by Gasteiger charge is -2.28. The van der Waals surface area contributed by atoms with Crippen LogP contribution >= 0.6 is 0 Å². The number of nitrogens with one attached hydrogen (secondary N) is 2. The van der Waals surface area contributed by atoms with Crippen molar-refractivity contribution in [1.29, 1.82) is 0 Å². The molecule has 1 aromatic carbocycles. The van der Waals surface area contributed by atoms with Crippen LogP contribution in [0.25, 0.3) is 0 Å². The molecule has 3 nitrogen and oxygen atoms in total. The first-order valence-corrected chi connectivity index (χ1v) is 5.88. The third-order valence-corrected chi connectivity index (χ3v) is 2.80. The van der Waals surface area contributed by atoms with E-state index < -0.39 is 0 Å². The minimum Gasteiger partial charge on any atom is -0.361 e. The van der Waals surface area contributed by atoms with Gasteiger partial charge in [0, 0.05) is 5.69 Å². The Labute approximate surface area is 107 Å². The number of carbonyl (C=O) groups excluding carboxylic acids is 1. The summed E-state index contributed by atoms with van der Waals surface area (Å²) in [5.74, 6) is -0.0671. The lowest BCUT2D eigenvalue weighted by atomic mass is 10.1. The lowest BCUT2D eigenvalue weighted by Crippen LogP contribution is -2.45. The van der Waals surface area contributed by atoms with Crippen LogP contribution in [-0.2, 0) is 0 Å². The van der Waals surface area contributed by atoms with Crippen LogP contribution < -0.4 is 10.6 Å². The molecule has 1 unspecified atom stereocenters. The Morgan fingerprint density at radius 2 is 2.11 bits per heavy atom. The van der Waals surface area contributed by atoms with Crippen molar-refractivity contribution in [2.45, 2.75) is 13.1 Å². The van der Waals surface area contributed by atoms with Gasteiger partial charge in [-0.05, 0) is 24.6 Å². The number of amides is 1. The molecule has 0 bridgehead atoms. The summed E-state index contributed by atoms with van der Waals surface area (Å²) in [4.78, 5) is 12.0. The van der Waals surface area contributed by atoms with Crippen molar-refractivity contribution < 1.29 is 4.79 Å². The topological polar surface area (TPSA) is 41.1 Å². The highest BCUT2D eigenvalue weighted by molar-refractivity contribution is 6.01. The second-order valence-electron chi connectivity index (χ2n) is 3.99. The second-order valence-corrected chi connectivity index (χ2v) is 3.99. The zero-order valence-corrected chi connectivity index (χ0v) is 10.3. The molecule has 1 aromatic rings. The number of anilines is 1. The average molecular weight is 240 g/mol. The van der Waals surface area contributed by atoms with E-state index >= 15 is 0 Å². The van der Waals surface area contributed by atoms with Gasteiger partial charge in [-0.1, -0.05) is 43.0 Å². The number of hydrogen-bond donors (Lipinski definition) is 2. The summed E-state index contributed by atoms with van der Waals surface area (Å²) < 4.78 is 0. The summed E-state index contributed by atoms with van der Waals surface area (Å²) in [6.07, 6.45) is 7.29. The van der Waals surface area contributed by atoms with Gasteiger partial charge in [-0.3, -0.25) is 4.79 Å². The van der Waals surface area contributed by atoms with Gasteiger partial charge in [0.25, 0.3) is 5.91 Å².